The molecule has 1 aliphatic rings. The minimum absolute atomic E-state index is 0.347. The maximum atomic E-state index is 4.72. The number of nitrogens with one attached hydrogen (secondary N) is 1. The fourth-order valence-corrected chi connectivity index (χ4v) is 5.95. The Bertz CT molecular complexity index is 1320. The Labute approximate surface area is 193 Å². The van der Waals surface area contributed by atoms with Gasteiger partial charge in [0.2, 0.25) is 0 Å². The summed E-state index contributed by atoms with van der Waals surface area (Å²) in [6.45, 7) is 9.16. The number of hydrazone groups is 1. The number of aromatic nitrogens is 2. The number of anilines is 1. The molecular weight excluding hydrogens is 412 g/mol. The molecule has 4 aromatic rings. The molecule has 0 radical (unpaired) electrons. The zero-order valence-electron chi connectivity index (χ0n) is 19.3. The van der Waals surface area contributed by atoms with Crippen LogP contribution in [0.15, 0.2) is 53.9 Å². The van der Waals surface area contributed by atoms with Crippen LogP contribution in [-0.4, -0.2) is 15.7 Å². The van der Waals surface area contributed by atoms with Crippen molar-refractivity contribution in [2.24, 2.45) is 16.4 Å². The van der Waals surface area contributed by atoms with Crippen LogP contribution in [0.25, 0.3) is 21.0 Å². The summed E-state index contributed by atoms with van der Waals surface area (Å²) in [6.07, 6.45) is 6.36. The van der Waals surface area contributed by atoms with E-state index in [9.17, 15) is 0 Å². The molecule has 5 heteroatoms. The van der Waals surface area contributed by atoms with Crippen LogP contribution in [0, 0.1) is 11.3 Å². The van der Waals surface area contributed by atoms with Crippen molar-refractivity contribution in [3.8, 4) is 0 Å². The Kier molecular flexibility index (Phi) is 5.46. The zero-order chi connectivity index (χ0) is 22.3. The van der Waals surface area contributed by atoms with Crippen LogP contribution in [-0.2, 0) is 12.8 Å². The number of rotatable bonds is 5. The fraction of sp³-hybridized carbons (Fsp3) is 0.370. The van der Waals surface area contributed by atoms with Crippen LogP contribution >= 0.6 is 11.3 Å². The number of benzene rings is 2. The van der Waals surface area contributed by atoms with E-state index in [4.69, 9.17) is 5.10 Å². The van der Waals surface area contributed by atoms with Gasteiger partial charge >= 0.3 is 0 Å². The van der Waals surface area contributed by atoms with E-state index < -0.39 is 0 Å². The maximum Gasteiger partial charge on any atom is 0.158 e. The van der Waals surface area contributed by atoms with Gasteiger partial charge in [0.1, 0.15) is 11.2 Å². The average Bonchev–Trinajstić information content (AvgIpc) is 3.20. The molecule has 4 nitrogen and oxygen atoms in total. The Hall–Kier alpha value is -2.79. The second kappa shape index (κ2) is 8.28. The van der Waals surface area contributed by atoms with E-state index in [0.29, 0.717) is 11.3 Å². The van der Waals surface area contributed by atoms with Crippen molar-refractivity contribution in [2.75, 3.05) is 5.43 Å². The van der Waals surface area contributed by atoms with Crippen molar-refractivity contribution in [3.63, 3.8) is 0 Å². The molecule has 0 spiro atoms. The number of thiophene rings is 1. The molecule has 2 aromatic carbocycles. The van der Waals surface area contributed by atoms with E-state index in [1.807, 2.05) is 18.3 Å². The quantitative estimate of drug-likeness (QED) is 0.262. The lowest BCUT2D eigenvalue weighted by atomic mass is 9.69. The molecule has 2 heterocycles. The predicted molar refractivity (Wildman–Crippen MR) is 137 cm³/mol. The van der Waals surface area contributed by atoms with Gasteiger partial charge in [0.05, 0.1) is 11.1 Å². The lowest BCUT2D eigenvalue weighted by molar-refractivity contribution is 0.184. The molecule has 0 saturated heterocycles. The van der Waals surface area contributed by atoms with E-state index >= 15 is 0 Å². The maximum absolute atomic E-state index is 4.72. The van der Waals surface area contributed by atoms with Gasteiger partial charge < -0.3 is 0 Å². The summed E-state index contributed by atoms with van der Waals surface area (Å²) in [4.78, 5) is 11.7. The minimum atomic E-state index is 0.347. The minimum Gasteiger partial charge on any atom is -0.260 e. The zero-order valence-corrected chi connectivity index (χ0v) is 20.1. The van der Waals surface area contributed by atoms with Crippen LogP contribution in [0.4, 0.5) is 5.82 Å². The van der Waals surface area contributed by atoms with E-state index in [1.165, 1.54) is 39.4 Å². The molecule has 1 N–H and O–H groups in total. The lowest BCUT2D eigenvalue weighted by Crippen LogP contribution is -2.28. The van der Waals surface area contributed by atoms with Crippen LogP contribution < -0.4 is 5.43 Å². The highest BCUT2D eigenvalue weighted by Crippen LogP contribution is 2.45. The van der Waals surface area contributed by atoms with Gasteiger partial charge in [0.15, 0.2) is 5.82 Å². The van der Waals surface area contributed by atoms with Gasteiger partial charge in [-0.2, -0.15) is 5.10 Å². The third-order valence-electron chi connectivity index (χ3n) is 7.35. The largest absolute Gasteiger partial charge is 0.260 e. The van der Waals surface area contributed by atoms with Gasteiger partial charge in [0.25, 0.3) is 0 Å². The first-order valence-electron chi connectivity index (χ1n) is 11.5. The number of hydrogen-bond acceptors (Lipinski definition) is 5. The van der Waals surface area contributed by atoms with Crippen molar-refractivity contribution < 1.29 is 0 Å². The average molecular weight is 443 g/mol. The highest BCUT2D eigenvalue weighted by molar-refractivity contribution is 7.19. The highest BCUT2D eigenvalue weighted by atomic mass is 32.1. The summed E-state index contributed by atoms with van der Waals surface area (Å²) in [5.41, 5.74) is 7.11. The second-order valence-electron chi connectivity index (χ2n) is 9.56. The molecule has 0 amide bonds. The number of fused-ring (bicyclic) bond motifs is 4. The summed E-state index contributed by atoms with van der Waals surface area (Å²) in [6, 6.07) is 14.9. The first-order chi connectivity index (χ1) is 15.5. The third kappa shape index (κ3) is 3.79. The van der Waals surface area contributed by atoms with Gasteiger partial charge in [0, 0.05) is 4.88 Å². The van der Waals surface area contributed by atoms with E-state index in [-0.39, 0.29) is 0 Å². The predicted octanol–water partition coefficient (Wildman–Crippen LogP) is 7.22. The lowest BCUT2D eigenvalue weighted by Gasteiger charge is -2.36. The molecule has 5 rings (SSSR count). The molecule has 0 unspecified atom stereocenters. The number of hydrogen-bond donors (Lipinski definition) is 1. The number of aryl methyl sites for hydroxylation is 1. The topological polar surface area (TPSA) is 50.2 Å². The third-order valence-corrected chi connectivity index (χ3v) is 8.55. The molecule has 164 valence electrons. The molecule has 1 atom stereocenters. The second-order valence-corrected chi connectivity index (χ2v) is 10.6. The van der Waals surface area contributed by atoms with Crippen molar-refractivity contribution in [1.82, 2.24) is 9.97 Å². The van der Waals surface area contributed by atoms with Gasteiger partial charge in [-0.05, 0) is 65.5 Å². The van der Waals surface area contributed by atoms with Crippen LogP contribution in [0.5, 0.6) is 0 Å². The summed E-state index contributed by atoms with van der Waals surface area (Å²) >= 11 is 1.83. The number of nitrogens with zero attached hydrogens (tertiary/aromatic N) is 3. The van der Waals surface area contributed by atoms with Crippen molar-refractivity contribution in [3.05, 3.63) is 64.8 Å². The fourth-order valence-electron chi connectivity index (χ4n) is 4.76. The van der Waals surface area contributed by atoms with Crippen molar-refractivity contribution in [2.45, 2.75) is 53.4 Å². The molecule has 0 aliphatic heterocycles. The van der Waals surface area contributed by atoms with Gasteiger partial charge in [-0.25, -0.2) is 9.97 Å². The summed E-state index contributed by atoms with van der Waals surface area (Å²) in [5, 5.41) is 8.34. The van der Waals surface area contributed by atoms with Crippen LogP contribution in [0.3, 0.4) is 0 Å². The van der Waals surface area contributed by atoms with E-state index in [0.717, 1.165) is 34.8 Å². The normalized spacial score (nSPS) is 17.0. The van der Waals surface area contributed by atoms with E-state index in [2.05, 4.69) is 78.6 Å². The Balaban J connectivity index is 1.47. The van der Waals surface area contributed by atoms with Gasteiger partial charge in [-0.1, -0.05) is 63.6 Å². The molecule has 2 aromatic heterocycles. The molecule has 0 saturated carbocycles. The van der Waals surface area contributed by atoms with Gasteiger partial charge in [-0.3, -0.25) is 5.43 Å². The van der Waals surface area contributed by atoms with Gasteiger partial charge in [-0.15, -0.1) is 11.3 Å². The summed E-state index contributed by atoms with van der Waals surface area (Å²) in [7, 11) is 0. The van der Waals surface area contributed by atoms with Crippen LogP contribution in [0.2, 0.25) is 0 Å². The Morgan fingerprint density at radius 2 is 1.97 bits per heavy atom. The first kappa shape index (κ1) is 21.1. The smallest absolute Gasteiger partial charge is 0.158 e. The Morgan fingerprint density at radius 1 is 1.16 bits per heavy atom. The monoisotopic (exact) mass is 442 g/mol. The summed E-state index contributed by atoms with van der Waals surface area (Å²) < 4.78 is 0. The van der Waals surface area contributed by atoms with Crippen molar-refractivity contribution in [1.29, 1.82) is 0 Å². The molecule has 1 aliphatic carbocycles. The SMILES string of the molecule is CCC(C)(C)[C@H]1CCc2sc3ncnc(N/N=C(/C)c4ccc5ccccc5c4)c3c2C1. The van der Waals surface area contributed by atoms with E-state index in [1.54, 1.807) is 6.33 Å². The Morgan fingerprint density at radius 3 is 2.78 bits per heavy atom. The highest BCUT2D eigenvalue weighted by Gasteiger charge is 2.33. The standard InChI is InChI=1S/C27H30N4S/c1-5-27(3,4)21-12-13-23-22(15-21)24-25(28-16-29-26(24)32-23)31-30-17(2)19-11-10-18-8-6-7-9-20(18)14-19/h6-11,14,16,21H,5,12-13,15H2,1-4H3,(H,28,29,31)/b30-17-/t21-/m0/s1. The first-order valence-corrected chi connectivity index (χ1v) is 12.3. The van der Waals surface area contributed by atoms with Crippen LogP contribution in [0.1, 0.15) is 56.5 Å². The molecule has 0 fully saturated rings. The molecule has 0 bridgehead atoms. The molecular formula is C27H30N4S. The molecule has 32 heavy (non-hydrogen) atoms. The van der Waals surface area contributed by atoms with Crippen molar-refractivity contribution >= 4 is 43.9 Å². The summed E-state index contributed by atoms with van der Waals surface area (Å²) in [5.74, 6) is 1.51.